The molecule has 1 N–H and O–H groups in total. The van der Waals surface area contributed by atoms with Crippen LogP contribution in [0.3, 0.4) is 0 Å². The molecule has 0 spiro atoms. The molecule has 90 valence electrons. The highest BCUT2D eigenvalue weighted by molar-refractivity contribution is 5.94. The number of hydrogen-bond acceptors (Lipinski definition) is 3. The van der Waals surface area contributed by atoms with Crippen molar-refractivity contribution >= 4 is 11.9 Å². The molecule has 1 atom stereocenters. The molecule has 1 amide bonds. The molecule has 1 fully saturated rings. The van der Waals surface area contributed by atoms with Gasteiger partial charge in [0.25, 0.3) is 5.91 Å². The van der Waals surface area contributed by atoms with Gasteiger partial charge in [0.05, 0.1) is 11.5 Å². The van der Waals surface area contributed by atoms with Crippen LogP contribution < -0.4 is 0 Å². The second kappa shape index (κ2) is 4.48. The van der Waals surface area contributed by atoms with Crippen LogP contribution in [0.4, 0.5) is 4.39 Å². The van der Waals surface area contributed by atoms with Crippen LogP contribution >= 0.6 is 0 Å². The van der Waals surface area contributed by atoms with E-state index in [2.05, 4.69) is 4.98 Å². The Morgan fingerprint density at radius 3 is 2.88 bits per heavy atom. The normalized spacial score (nSPS) is 19.4. The van der Waals surface area contributed by atoms with Gasteiger partial charge in [-0.1, -0.05) is 0 Å². The number of carbonyl (C=O) groups excluding carboxylic acids is 1. The number of pyridine rings is 1. The lowest BCUT2D eigenvalue weighted by atomic mass is 10.1. The minimum atomic E-state index is -0.924. The number of hydrogen-bond donors (Lipinski definition) is 1. The van der Waals surface area contributed by atoms with Crippen molar-refractivity contribution in [1.29, 1.82) is 0 Å². The van der Waals surface area contributed by atoms with Gasteiger partial charge in [0.2, 0.25) is 5.95 Å². The quantitative estimate of drug-likeness (QED) is 0.772. The molecule has 17 heavy (non-hydrogen) atoms. The van der Waals surface area contributed by atoms with Crippen molar-refractivity contribution in [2.45, 2.75) is 6.42 Å². The lowest BCUT2D eigenvalue weighted by Crippen LogP contribution is -2.30. The van der Waals surface area contributed by atoms with Crippen LogP contribution in [0.25, 0.3) is 0 Å². The van der Waals surface area contributed by atoms with Crippen LogP contribution in [0.1, 0.15) is 16.8 Å². The molecule has 6 heteroatoms. The van der Waals surface area contributed by atoms with Crippen LogP contribution in [-0.2, 0) is 4.79 Å². The van der Waals surface area contributed by atoms with E-state index < -0.39 is 23.7 Å². The molecule has 1 unspecified atom stereocenters. The van der Waals surface area contributed by atoms with Crippen LogP contribution in [0.2, 0.25) is 0 Å². The van der Waals surface area contributed by atoms with E-state index >= 15 is 0 Å². The Morgan fingerprint density at radius 1 is 1.53 bits per heavy atom. The summed E-state index contributed by atoms with van der Waals surface area (Å²) >= 11 is 0. The number of nitrogens with zero attached hydrogens (tertiary/aromatic N) is 2. The fourth-order valence-corrected chi connectivity index (χ4v) is 1.86. The van der Waals surface area contributed by atoms with E-state index in [1.165, 1.54) is 23.2 Å². The summed E-state index contributed by atoms with van der Waals surface area (Å²) in [5, 5.41) is 8.81. The number of carboxylic acids is 1. The summed E-state index contributed by atoms with van der Waals surface area (Å²) < 4.78 is 13.3. The van der Waals surface area contributed by atoms with Crippen molar-refractivity contribution < 1.29 is 19.1 Å². The Kier molecular flexibility index (Phi) is 3.03. The van der Waals surface area contributed by atoms with Crippen molar-refractivity contribution in [2.75, 3.05) is 13.1 Å². The first-order valence-corrected chi connectivity index (χ1v) is 5.22. The number of aromatic nitrogens is 1. The maximum atomic E-state index is 13.3. The number of aliphatic carboxylic acids is 1. The van der Waals surface area contributed by atoms with Crippen molar-refractivity contribution in [1.82, 2.24) is 9.88 Å². The van der Waals surface area contributed by atoms with E-state index in [1.54, 1.807) is 0 Å². The van der Waals surface area contributed by atoms with E-state index in [0.717, 1.165) is 0 Å². The molecule has 2 rings (SSSR count). The van der Waals surface area contributed by atoms with Crippen LogP contribution in [0.15, 0.2) is 18.3 Å². The van der Waals surface area contributed by atoms with Gasteiger partial charge in [-0.25, -0.2) is 4.98 Å². The van der Waals surface area contributed by atoms with Gasteiger partial charge in [-0.2, -0.15) is 4.39 Å². The van der Waals surface area contributed by atoms with Gasteiger partial charge < -0.3 is 10.0 Å². The Labute approximate surface area is 96.9 Å². The van der Waals surface area contributed by atoms with Crippen molar-refractivity contribution in [2.24, 2.45) is 5.92 Å². The van der Waals surface area contributed by atoms with Crippen molar-refractivity contribution in [3.8, 4) is 0 Å². The second-order valence-electron chi connectivity index (χ2n) is 3.92. The van der Waals surface area contributed by atoms with E-state index in [9.17, 15) is 14.0 Å². The fraction of sp³-hybridized carbons (Fsp3) is 0.364. The standard InChI is InChI=1S/C11H11FN2O3/c12-9-8(2-1-4-13-9)10(15)14-5-3-7(6-14)11(16)17/h1-2,4,7H,3,5-6H2,(H,16,17). The summed E-state index contributed by atoms with van der Waals surface area (Å²) in [6, 6.07) is 2.82. The second-order valence-corrected chi connectivity index (χ2v) is 3.92. The SMILES string of the molecule is O=C(O)C1CCN(C(=O)c2cccnc2F)C1. The summed E-state index contributed by atoms with van der Waals surface area (Å²) in [6.07, 6.45) is 1.67. The van der Waals surface area contributed by atoms with Gasteiger partial charge in [-0.05, 0) is 18.6 Å². The number of carbonyl (C=O) groups is 2. The minimum Gasteiger partial charge on any atom is -0.481 e. The third-order valence-electron chi connectivity index (χ3n) is 2.81. The predicted molar refractivity (Wildman–Crippen MR) is 55.8 cm³/mol. The first kappa shape index (κ1) is 11.5. The van der Waals surface area contributed by atoms with E-state index in [4.69, 9.17) is 5.11 Å². The lowest BCUT2D eigenvalue weighted by molar-refractivity contribution is -0.141. The van der Waals surface area contributed by atoms with E-state index in [-0.39, 0.29) is 12.1 Å². The van der Waals surface area contributed by atoms with E-state index in [0.29, 0.717) is 13.0 Å². The minimum absolute atomic E-state index is 0.112. The summed E-state index contributed by atoms with van der Waals surface area (Å²) in [6.45, 7) is 0.465. The van der Waals surface area contributed by atoms with Gasteiger partial charge in [-0.3, -0.25) is 9.59 Å². The average Bonchev–Trinajstić information content (AvgIpc) is 2.78. The number of carboxylic acid groups (broad SMARTS) is 1. The highest BCUT2D eigenvalue weighted by Crippen LogP contribution is 2.19. The molecular weight excluding hydrogens is 227 g/mol. The Balaban J connectivity index is 2.13. The zero-order chi connectivity index (χ0) is 12.4. The third-order valence-corrected chi connectivity index (χ3v) is 2.81. The van der Waals surface area contributed by atoms with Crippen molar-refractivity contribution in [3.05, 3.63) is 29.8 Å². The Morgan fingerprint density at radius 2 is 2.29 bits per heavy atom. The molecule has 1 aliphatic rings. The number of likely N-dealkylation sites (tertiary alicyclic amines) is 1. The van der Waals surface area contributed by atoms with Gasteiger partial charge >= 0.3 is 5.97 Å². The first-order chi connectivity index (χ1) is 8.09. The van der Waals surface area contributed by atoms with Gasteiger partial charge in [0.1, 0.15) is 0 Å². The summed E-state index contributed by atoms with van der Waals surface area (Å²) in [4.78, 5) is 27.4. The molecule has 5 nitrogen and oxygen atoms in total. The molecule has 2 heterocycles. The molecular formula is C11H11FN2O3. The average molecular weight is 238 g/mol. The van der Waals surface area contributed by atoms with Gasteiger partial charge in [0.15, 0.2) is 0 Å². The number of rotatable bonds is 2. The van der Waals surface area contributed by atoms with Gasteiger partial charge in [-0.15, -0.1) is 0 Å². The highest BCUT2D eigenvalue weighted by Gasteiger charge is 2.32. The number of amides is 1. The topological polar surface area (TPSA) is 70.5 Å². The molecule has 0 saturated carbocycles. The molecule has 1 aromatic heterocycles. The first-order valence-electron chi connectivity index (χ1n) is 5.22. The Bertz CT molecular complexity index is 464. The third kappa shape index (κ3) is 2.25. The molecule has 1 aliphatic heterocycles. The molecule has 0 aromatic carbocycles. The maximum absolute atomic E-state index is 13.3. The predicted octanol–water partition coefficient (Wildman–Crippen LogP) is 0.767. The van der Waals surface area contributed by atoms with Crippen LogP contribution in [-0.4, -0.2) is 40.0 Å². The summed E-state index contributed by atoms with van der Waals surface area (Å²) in [7, 11) is 0. The molecule has 0 radical (unpaired) electrons. The molecule has 0 bridgehead atoms. The highest BCUT2D eigenvalue weighted by atomic mass is 19.1. The number of halogens is 1. The van der Waals surface area contributed by atoms with Crippen molar-refractivity contribution in [3.63, 3.8) is 0 Å². The van der Waals surface area contributed by atoms with E-state index in [1.807, 2.05) is 0 Å². The summed E-state index contributed by atoms with van der Waals surface area (Å²) in [5.41, 5.74) is -0.112. The van der Waals surface area contributed by atoms with Crippen LogP contribution in [0, 0.1) is 11.9 Å². The zero-order valence-corrected chi connectivity index (χ0v) is 8.97. The molecule has 1 saturated heterocycles. The Hall–Kier alpha value is -1.98. The van der Waals surface area contributed by atoms with Gasteiger partial charge in [0, 0.05) is 19.3 Å². The maximum Gasteiger partial charge on any atom is 0.308 e. The molecule has 1 aromatic rings. The smallest absolute Gasteiger partial charge is 0.308 e. The zero-order valence-electron chi connectivity index (χ0n) is 8.97. The monoisotopic (exact) mass is 238 g/mol. The largest absolute Gasteiger partial charge is 0.481 e. The van der Waals surface area contributed by atoms with Crippen LogP contribution in [0.5, 0.6) is 0 Å². The lowest BCUT2D eigenvalue weighted by Gasteiger charge is -2.15. The summed E-state index contributed by atoms with van der Waals surface area (Å²) in [5.74, 6) is -2.80. The molecule has 0 aliphatic carbocycles. The fourth-order valence-electron chi connectivity index (χ4n) is 1.86.